The van der Waals surface area contributed by atoms with Gasteiger partial charge in [0.15, 0.2) is 10.9 Å². The van der Waals surface area contributed by atoms with E-state index in [0.29, 0.717) is 11.3 Å². The molecule has 0 aliphatic heterocycles. The molecule has 1 fully saturated rings. The summed E-state index contributed by atoms with van der Waals surface area (Å²) in [6.45, 7) is 0. The summed E-state index contributed by atoms with van der Waals surface area (Å²) in [6.07, 6.45) is 6.41. The Kier molecular flexibility index (Phi) is 2.65. The molecule has 0 atom stereocenters. The quantitative estimate of drug-likeness (QED) is 0.572. The molecule has 0 N–H and O–H groups in total. The molecule has 13 heavy (non-hydrogen) atoms. The molecule has 1 aliphatic carbocycles. The van der Waals surface area contributed by atoms with Crippen molar-refractivity contribution in [3.8, 4) is 5.75 Å². The van der Waals surface area contributed by atoms with Crippen LogP contribution < -0.4 is 4.74 Å². The Morgan fingerprint density at radius 3 is 3.00 bits per heavy atom. The van der Waals surface area contributed by atoms with Crippen LogP contribution in [0.3, 0.4) is 0 Å². The molecule has 0 radical (unpaired) electrons. The number of halogens is 1. The fraction of sp³-hybridized carbons (Fsp3) is 0.444. The first kappa shape index (κ1) is 9.16. The van der Waals surface area contributed by atoms with Gasteiger partial charge >= 0.3 is 0 Å². The van der Waals surface area contributed by atoms with Crippen molar-refractivity contribution in [2.24, 2.45) is 0 Å². The average Bonchev–Trinajstić information content (AvgIpc) is 2.93. The molecule has 2 rings (SSSR count). The van der Waals surface area contributed by atoms with Crippen LogP contribution in [0.5, 0.6) is 5.75 Å². The zero-order valence-electron chi connectivity index (χ0n) is 7.29. The monoisotopic (exact) mass is 215 g/mol. The summed E-state index contributed by atoms with van der Waals surface area (Å²) in [7, 11) is 0. The largest absolute Gasteiger partial charge is 0.487 e. The SMILES string of the molecule is CSc1cnc(Cl)c(OC2CC2)c1. The zero-order valence-corrected chi connectivity index (χ0v) is 8.86. The van der Waals surface area contributed by atoms with Gasteiger partial charge in [-0.25, -0.2) is 4.98 Å². The van der Waals surface area contributed by atoms with E-state index in [9.17, 15) is 0 Å². The highest BCUT2D eigenvalue weighted by molar-refractivity contribution is 7.98. The first-order valence-electron chi connectivity index (χ1n) is 4.16. The van der Waals surface area contributed by atoms with E-state index in [1.54, 1.807) is 18.0 Å². The minimum Gasteiger partial charge on any atom is -0.487 e. The molecule has 1 saturated carbocycles. The highest BCUT2D eigenvalue weighted by Gasteiger charge is 2.24. The highest BCUT2D eigenvalue weighted by Crippen LogP contribution is 2.32. The second kappa shape index (κ2) is 3.76. The molecule has 0 spiro atoms. The molecule has 0 bridgehead atoms. The van der Waals surface area contributed by atoms with Gasteiger partial charge in [0.25, 0.3) is 0 Å². The molecule has 1 aromatic heterocycles. The lowest BCUT2D eigenvalue weighted by Crippen LogP contribution is -1.97. The Hall–Kier alpha value is -0.410. The highest BCUT2D eigenvalue weighted by atomic mass is 35.5. The number of thioether (sulfide) groups is 1. The molecule has 0 saturated heterocycles. The van der Waals surface area contributed by atoms with Gasteiger partial charge in [-0.15, -0.1) is 11.8 Å². The molecular weight excluding hydrogens is 206 g/mol. The molecule has 70 valence electrons. The van der Waals surface area contributed by atoms with Crippen molar-refractivity contribution in [1.29, 1.82) is 0 Å². The summed E-state index contributed by atoms with van der Waals surface area (Å²) in [5.41, 5.74) is 0. The molecule has 1 aromatic rings. The Morgan fingerprint density at radius 1 is 1.62 bits per heavy atom. The Bertz CT molecular complexity index is 314. The van der Waals surface area contributed by atoms with Crippen LogP contribution in [0.4, 0.5) is 0 Å². The van der Waals surface area contributed by atoms with Gasteiger partial charge in [-0.1, -0.05) is 11.6 Å². The third-order valence-corrected chi connectivity index (χ3v) is 2.81. The summed E-state index contributed by atoms with van der Waals surface area (Å²) in [5, 5.41) is 0.463. The maximum absolute atomic E-state index is 5.88. The van der Waals surface area contributed by atoms with Crippen LogP contribution in [-0.4, -0.2) is 17.3 Å². The Morgan fingerprint density at radius 2 is 2.38 bits per heavy atom. The number of hydrogen-bond donors (Lipinski definition) is 0. The number of ether oxygens (including phenoxy) is 1. The number of rotatable bonds is 3. The average molecular weight is 216 g/mol. The fourth-order valence-corrected chi connectivity index (χ4v) is 1.50. The number of nitrogens with zero attached hydrogens (tertiary/aromatic N) is 1. The lowest BCUT2D eigenvalue weighted by atomic mass is 10.4. The van der Waals surface area contributed by atoms with E-state index in [4.69, 9.17) is 16.3 Å². The van der Waals surface area contributed by atoms with Gasteiger partial charge in [-0.2, -0.15) is 0 Å². The lowest BCUT2D eigenvalue weighted by Gasteiger charge is -2.06. The van der Waals surface area contributed by atoms with Gasteiger partial charge in [-0.3, -0.25) is 0 Å². The molecule has 0 amide bonds. The van der Waals surface area contributed by atoms with E-state index in [2.05, 4.69) is 4.98 Å². The maximum Gasteiger partial charge on any atom is 0.171 e. The Balaban J connectivity index is 2.19. The molecular formula is C9H10ClNOS. The molecule has 0 unspecified atom stereocenters. The first-order chi connectivity index (χ1) is 6.29. The van der Waals surface area contributed by atoms with Crippen LogP contribution in [0.15, 0.2) is 17.2 Å². The van der Waals surface area contributed by atoms with Gasteiger partial charge in [0.2, 0.25) is 0 Å². The van der Waals surface area contributed by atoms with Crippen LogP contribution in [0, 0.1) is 0 Å². The molecule has 0 aromatic carbocycles. The second-order valence-corrected chi connectivity index (χ2v) is 4.22. The van der Waals surface area contributed by atoms with Crippen LogP contribution in [0.25, 0.3) is 0 Å². The molecule has 1 aliphatic rings. The van der Waals surface area contributed by atoms with E-state index >= 15 is 0 Å². The van der Waals surface area contributed by atoms with Crippen LogP contribution in [0.1, 0.15) is 12.8 Å². The van der Waals surface area contributed by atoms with E-state index in [-0.39, 0.29) is 0 Å². The first-order valence-corrected chi connectivity index (χ1v) is 5.76. The Labute approximate surface area is 86.6 Å². The van der Waals surface area contributed by atoms with Crippen molar-refractivity contribution in [1.82, 2.24) is 4.98 Å². The van der Waals surface area contributed by atoms with E-state index < -0.39 is 0 Å². The van der Waals surface area contributed by atoms with E-state index in [1.807, 2.05) is 12.3 Å². The maximum atomic E-state index is 5.88. The predicted molar refractivity (Wildman–Crippen MR) is 54.7 cm³/mol. The van der Waals surface area contributed by atoms with Gasteiger partial charge in [0.05, 0.1) is 6.10 Å². The minimum absolute atomic E-state index is 0.372. The molecule has 2 nitrogen and oxygen atoms in total. The summed E-state index contributed by atoms with van der Waals surface area (Å²) in [6, 6.07) is 1.94. The minimum atomic E-state index is 0.372. The van der Waals surface area contributed by atoms with Gasteiger partial charge in [-0.05, 0) is 25.2 Å². The number of pyridine rings is 1. The van der Waals surface area contributed by atoms with Crippen LogP contribution in [-0.2, 0) is 0 Å². The summed E-state index contributed by atoms with van der Waals surface area (Å²) >= 11 is 7.52. The predicted octanol–water partition coefficient (Wildman–Crippen LogP) is 3.00. The van der Waals surface area contributed by atoms with Crippen molar-refractivity contribution in [2.45, 2.75) is 23.8 Å². The van der Waals surface area contributed by atoms with Crippen LogP contribution >= 0.6 is 23.4 Å². The van der Waals surface area contributed by atoms with Gasteiger partial charge in [0, 0.05) is 11.1 Å². The fourth-order valence-electron chi connectivity index (χ4n) is 0.970. The second-order valence-electron chi connectivity index (χ2n) is 2.98. The topological polar surface area (TPSA) is 22.1 Å². The standard InChI is InChI=1S/C9H10ClNOS/c1-13-7-4-8(9(10)11-5-7)12-6-2-3-6/h4-6H,2-3H2,1H3. The van der Waals surface area contributed by atoms with Crippen molar-refractivity contribution < 1.29 is 4.74 Å². The van der Waals surface area contributed by atoms with Crippen molar-refractivity contribution in [3.05, 3.63) is 17.4 Å². The van der Waals surface area contributed by atoms with Crippen molar-refractivity contribution >= 4 is 23.4 Å². The smallest absolute Gasteiger partial charge is 0.171 e. The van der Waals surface area contributed by atoms with Gasteiger partial charge in [0.1, 0.15) is 0 Å². The van der Waals surface area contributed by atoms with E-state index in [1.165, 1.54) is 0 Å². The number of hydrogen-bond acceptors (Lipinski definition) is 3. The summed E-state index contributed by atoms with van der Waals surface area (Å²) in [4.78, 5) is 5.13. The van der Waals surface area contributed by atoms with Crippen LogP contribution in [0.2, 0.25) is 5.15 Å². The molecule has 4 heteroatoms. The number of aromatic nitrogens is 1. The normalized spacial score (nSPS) is 15.8. The summed E-state index contributed by atoms with van der Waals surface area (Å²) < 4.78 is 5.59. The van der Waals surface area contributed by atoms with E-state index in [0.717, 1.165) is 23.5 Å². The lowest BCUT2D eigenvalue weighted by molar-refractivity contribution is 0.301. The molecule has 1 heterocycles. The summed E-state index contributed by atoms with van der Waals surface area (Å²) in [5.74, 6) is 0.719. The third-order valence-electron chi connectivity index (χ3n) is 1.84. The van der Waals surface area contributed by atoms with Gasteiger partial charge < -0.3 is 4.74 Å². The van der Waals surface area contributed by atoms with Crippen molar-refractivity contribution in [2.75, 3.05) is 6.26 Å². The third kappa shape index (κ3) is 2.29. The zero-order chi connectivity index (χ0) is 9.26. The van der Waals surface area contributed by atoms with Crippen molar-refractivity contribution in [3.63, 3.8) is 0 Å².